The Morgan fingerprint density at radius 3 is 1.71 bits per heavy atom. The molecule has 17 heavy (non-hydrogen) atoms. The van der Waals surface area contributed by atoms with Crippen molar-refractivity contribution in [2.75, 3.05) is 0 Å². The molecule has 2 nitrogen and oxygen atoms in total. The lowest BCUT2D eigenvalue weighted by molar-refractivity contribution is 0.365. The normalized spacial score (nSPS) is 44.2. The van der Waals surface area contributed by atoms with E-state index in [2.05, 4.69) is 0 Å². The summed E-state index contributed by atoms with van der Waals surface area (Å²) in [5, 5.41) is 0. The molecule has 0 N–H and O–H groups in total. The Balaban J connectivity index is 1.62. The van der Waals surface area contributed by atoms with E-state index >= 15 is 0 Å². The highest BCUT2D eigenvalue weighted by Crippen LogP contribution is 2.42. The van der Waals surface area contributed by atoms with Crippen LogP contribution in [0.25, 0.3) is 0 Å². The van der Waals surface area contributed by atoms with Gasteiger partial charge in [0, 0.05) is 0 Å². The Bertz CT molecular complexity index is 346. The summed E-state index contributed by atoms with van der Waals surface area (Å²) in [6, 6.07) is 1.11. The Morgan fingerprint density at radius 1 is 0.647 bits per heavy atom. The number of hydrogen-bond acceptors (Lipinski definition) is 2. The van der Waals surface area contributed by atoms with Gasteiger partial charge >= 0.3 is 0 Å². The van der Waals surface area contributed by atoms with Gasteiger partial charge in [0.1, 0.15) is 0 Å². The molecule has 3 fully saturated rings. The van der Waals surface area contributed by atoms with Crippen LogP contribution < -0.4 is 0 Å². The van der Waals surface area contributed by atoms with Gasteiger partial charge < -0.3 is 0 Å². The Hall–Kier alpha value is -0.660. The van der Waals surface area contributed by atoms with Crippen LogP contribution in [0.5, 0.6) is 0 Å². The largest absolute Gasteiger partial charge is 0.282 e. The first-order chi connectivity index (χ1) is 8.40. The first-order valence-corrected chi connectivity index (χ1v) is 7.54. The van der Waals surface area contributed by atoms with Gasteiger partial charge in [-0.15, -0.1) is 0 Å². The van der Waals surface area contributed by atoms with Crippen molar-refractivity contribution in [2.24, 2.45) is 21.8 Å². The highest BCUT2D eigenvalue weighted by Gasteiger charge is 2.38. The summed E-state index contributed by atoms with van der Waals surface area (Å²) in [7, 11) is 0. The summed E-state index contributed by atoms with van der Waals surface area (Å²) >= 11 is 0. The Kier molecular flexibility index (Phi) is 2.38. The van der Waals surface area contributed by atoms with Crippen LogP contribution in [0.1, 0.15) is 57.8 Å². The second kappa shape index (κ2) is 3.93. The standard InChI is InChI=1S/C15H22N2/c1-2-7-13-12(6-1)16-14-8-10-4-3-5-11(10)9-15(14)17-13/h10-13H,1-9H2. The van der Waals surface area contributed by atoms with Gasteiger partial charge in [-0.2, -0.15) is 0 Å². The van der Waals surface area contributed by atoms with Crippen LogP contribution >= 0.6 is 0 Å². The zero-order chi connectivity index (χ0) is 11.2. The van der Waals surface area contributed by atoms with Crippen LogP contribution in [0.15, 0.2) is 9.98 Å². The monoisotopic (exact) mass is 230 g/mol. The number of hydrogen-bond donors (Lipinski definition) is 0. The molecule has 0 aromatic heterocycles. The van der Waals surface area contributed by atoms with Crippen molar-refractivity contribution < 1.29 is 0 Å². The number of nitrogens with zero attached hydrogens (tertiary/aromatic N) is 2. The van der Waals surface area contributed by atoms with Gasteiger partial charge in [0.25, 0.3) is 0 Å². The molecule has 2 heteroatoms. The number of aliphatic imine (C=N–C) groups is 2. The van der Waals surface area contributed by atoms with E-state index in [4.69, 9.17) is 9.98 Å². The maximum atomic E-state index is 5.07. The molecule has 0 bridgehead atoms. The lowest BCUT2D eigenvalue weighted by Gasteiger charge is -2.36. The molecule has 0 aromatic rings. The zero-order valence-corrected chi connectivity index (χ0v) is 10.6. The summed E-state index contributed by atoms with van der Waals surface area (Å²) in [5.74, 6) is 1.90. The number of rotatable bonds is 0. The maximum Gasteiger partial charge on any atom is 0.0727 e. The Labute approximate surface area is 104 Å². The van der Waals surface area contributed by atoms with Crippen LogP contribution in [-0.2, 0) is 0 Å². The third-order valence-corrected chi connectivity index (χ3v) is 5.40. The van der Waals surface area contributed by atoms with Crippen LogP contribution in [0.3, 0.4) is 0 Å². The minimum Gasteiger partial charge on any atom is -0.282 e. The molecule has 4 atom stereocenters. The summed E-state index contributed by atoms with van der Waals surface area (Å²) in [4.78, 5) is 10.1. The first kappa shape index (κ1) is 10.3. The van der Waals surface area contributed by atoms with Crippen molar-refractivity contribution >= 4 is 11.4 Å². The van der Waals surface area contributed by atoms with E-state index in [1.807, 2.05) is 0 Å². The molecular weight excluding hydrogens is 208 g/mol. The second-order valence-electron chi connectivity index (χ2n) is 6.43. The smallest absolute Gasteiger partial charge is 0.0727 e. The molecule has 0 amide bonds. The van der Waals surface area contributed by atoms with E-state index in [-0.39, 0.29) is 0 Å². The molecule has 3 aliphatic carbocycles. The molecule has 4 aliphatic rings. The molecular formula is C15H22N2. The molecule has 0 spiro atoms. The SMILES string of the molecule is C1CC2CC3=NC4CCCCC4N=C3CC2C1. The molecule has 4 rings (SSSR count). The molecule has 1 heterocycles. The molecule has 92 valence electrons. The van der Waals surface area contributed by atoms with Crippen molar-refractivity contribution in [2.45, 2.75) is 69.9 Å². The van der Waals surface area contributed by atoms with Gasteiger partial charge in [0.2, 0.25) is 0 Å². The maximum absolute atomic E-state index is 5.07. The van der Waals surface area contributed by atoms with Crippen LogP contribution in [0.2, 0.25) is 0 Å². The van der Waals surface area contributed by atoms with E-state index in [0.29, 0.717) is 12.1 Å². The summed E-state index contributed by atoms with van der Waals surface area (Å²) in [5.41, 5.74) is 2.83. The van der Waals surface area contributed by atoms with E-state index in [1.165, 1.54) is 69.2 Å². The predicted molar refractivity (Wildman–Crippen MR) is 71.0 cm³/mol. The second-order valence-corrected chi connectivity index (χ2v) is 6.43. The fraction of sp³-hybridized carbons (Fsp3) is 0.867. The molecule has 0 aromatic carbocycles. The predicted octanol–water partition coefficient (Wildman–Crippen LogP) is 3.40. The average molecular weight is 230 g/mol. The minimum atomic E-state index is 0.556. The van der Waals surface area contributed by atoms with Crippen molar-refractivity contribution in [3.8, 4) is 0 Å². The van der Waals surface area contributed by atoms with Crippen molar-refractivity contribution in [1.29, 1.82) is 0 Å². The Morgan fingerprint density at radius 2 is 1.18 bits per heavy atom. The van der Waals surface area contributed by atoms with Gasteiger partial charge in [0.15, 0.2) is 0 Å². The quantitative estimate of drug-likeness (QED) is 0.609. The van der Waals surface area contributed by atoms with E-state index < -0.39 is 0 Å². The topological polar surface area (TPSA) is 24.7 Å². The van der Waals surface area contributed by atoms with E-state index in [0.717, 1.165) is 11.8 Å². The van der Waals surface area contributed by atoms with Gasteiger partial charge in [-0.25, -0.2) is 0 Å². The lowest BCUT2D eigenvalue weighted by Crippen LogP contribution is -2.39. The highest BCUT2D eigenvalue weighted by molar-refractivity contribution is 6.43. The van der Waals surface area contributed by atoms with Crippen molar-refractivity contribution in [3.05, 3.63) is 0 Å². The zero-order valence-electron chi connectivity index (χ0n) is 10.6. The van der Waals surface area contributed by atoms with Gasteiger partial charge in [-0.05, 0) is 50.4 Å². The first-order valence-electron chi connectivity index (χ1n) is 7.54. The molecule has 3 saturated carbocycles. The fourth-order valence-corrected chi connectivity index (χ4v) is 4.43. The summed E-state index contributed by atoms with van der Waals surface area (Å²) in [6.45, 7) is 0. The van der Waals surface area contributed by atoms with Crippen LogP contribution in [0.4, 0.5) is 0 Å². The third kappa shape index (κ3) is 1.68. The van der Waals surface area contributed by atoms with Gasteiger partial charge in [-0.1, -0.05) is 19.3 Å². The van der Waals surface area contributed by atoms with E-state index in [1.54, 1.807) is 0 Å². The average Bonchev–Trinajstić information content (AvgIpc) is 2.80. The third-order valence-electron chi connectivity index (χ3n) is 5.40. The van der Waals surface area contributed by atoms with E-state index in [9.17, 15) is 0 Å². The minimum absolute atomic E-state index is 0.556. The van der Waals surface area contributed by atoms with Crippen LogP contribution in [-0.4, -0.2) is 23.5 Å². The lowest BCUT2D eigenvalue weighted by atomic mass is 9.77. The van der Waals surface area contributed by atoms with Gasteiger partial charge in [0.05, 0.1) is 23.5 Å². The summed E-state index contributed by atoms with van der Waals surface area (Å²) in [6.07, 6.45) is 12.2. The molecule has 0 saturated heterocycles. The van der Waals surface area contributed by atoms with Crippen LogP contribution in [0, 0.1) is 11.8 Å². The van der Waals surface area contributed by atoms with Crippen molar-refractivity contribution in [1.82, 2.24) is 0 Å². The fourth-order valence-electron chi connectivity index (χ4n) is 4.43. The number of fused-ring (bicyclic) bond motifs is 3. The summed E-state index contributed by atoms with van der Waals surface area (Å²) < 4.78 is 0. The van der Waals surface area contributed by atoms with Gasteiger partial charge in [-0.3, -0.25) is 9.98 Å². The molecule has 1 aliphatic heterocycles. The molecule has 4 unspecified atom stereocenters. The highest BCUT2D eigenvalue weighted by atomic mass is 15.0. The van der Waals surface area contributed by atoms with Crippen molar-refractivity contribution in [3.63, 3.8) is 0 Å². The molecule has 0 radical (unpaired) electrons.